The third-order valence-electron chi connectivity index (χ3n) is 1.71. The van der Waals surface area contributed by atoms with E-state index in [9.17, 15) is 0 Å². The SMILES string of the molecule is Cc1nn(-c2ccccc2)nc1Cl. The Bertz CT molecular complexity index is 389. The highest BCUT2D eigenvalue weighted by molar-refractivity contribution is 6.29. The van der Waals surface area contributed by atoms with E-state index >= 15 is 0 Å². The number of nitrogens with zero attached hydrogens (tertiary/aromatic N) is 3. The van der Waals surface area contributed by atoms with Gasteiger partial charge < -0.3 is 0 Å². The summed E-state index contributed by atoms with van der Waals surface area (Å²) in [6, 6.07) is 9.66. The highest BCUT2D eigenvalue weighted by Gasteiger charge is 2.04. The molecule has 0 saturated heterocycles. The van der Waals surface area contributed by atoms with Crippen LogP contribution in [0.25, 0.3) is 5.69 Å². The minimum atomic E-state index is 0.448. The van der Waals surface area contributed by atoms with Gasteiger partial charge in [0.15, 0.2) is 5.15 Å². The molecular formula is C9H8ClN3. The number of hydrogen-bond acceptors (Lipinski definition) is 2. The monoisotopic (exact) mass is 193 g/mol. The van der Waals surface area contributed by atoms with Crippen LogP contribution < -0.4 is 0 Å². The average molecular weight is 194 g/mol. The predicted octanol–water partition coefficient (Wildman–Crippen LogP) is 2.23. The maximum atomic E-state index is 5.78. The summed E-state index contributed by atoms with van der Waals surface area (Å²) in [5, 5.41) is 8.65. The molecule has 0 N–H and O–H groups in total. The summed E-state index contributed by atoms with van der Waals surface area (Å²) in [7, 11) is 0. The molecule has 3 nitrogen and oxygen atoms in total. The minimum Gasteiger partial charge on any atom is -0.152 e. The maximum Gasteiger partial charge on any atom is 0.174 e. The maximum absolute atomic E-state index is 5.78. The summed E-state index contributed by atoms with van der Waals surface area (Å²) in [6.07, 6.45) is 0. The van der Waals surface area contributed by atoms with Crippen LogP contribution in [0.5, 0.6) is 0 Å². The summed E-state index contributed by atoms with van der Waals surface area (Å²) >= 11 is 5.78. The van der Waals surface area contributed by atoms with E-state index in [1.54, 1.807) is 0 Å². The highest BCUT2D eigenvalue weighted by atomic mass is 35.5. The molecule has 2 aromatic rings. The van der Waals surface area contributed by atoms with Crippen LogP contribution in [-0.2, 0) is 0 Å². The predicted molar refractivity (Wildman–Crippen MR) is 51.1 cm³/mol. The van der Waals surface area contributed by atoms with Gasteiger partial charge in [-0.1, -0.05) is 29.8 Å². The van der Waals surface area contributed by atoms with Gasteiger partial charge in [0.05, 0.1) is 11.4 Å². The molecule has 0 fully saturated rings. The van der Waals surface area contributed by atoms with Crippen molar-refractivity contribution in [1.29, 1.82) is 0 Å². The zero-order valence-corrected chi connectivity index (χ0v) is 7.86. The van der Waals surface area contributed by atoms with E-state index in [0.717, 1.165) is 11.4 Å². The van der Waals surface area contributed by atoms with E-state index in [1.807, 2.05) is 37.3 Å². The van der Waals surface area contributed by atoms with E-state index in [1.165, 1.54) is 4.80 Å². The van der Waals surface area contributed by atoms with Crippen LogP contribution in [-0.4, -0.2) is 15.0 Å². The first kappa shape index (κ1) is 8.26. The third kappa shape index (κ3) is 1.55. The molecular weight excluding hydrogens is 186 g/mol. The fourth-order valence-corrected chi connectivity index (χ4v) is 1.15. The summed E-state index contributed by atoms with van der Waals surface area (Å²) in [6.45, 7) is 1.83. The molecule has 13 heavy (non-hydrogen) atoms. The van der Waals surface area contributed by atoms with Gasteiger partial charge in [-0.2, -0.15) is 5.10 Å². The van der Waals surface area contributed by atoms with Gasteiger partial charge >= 0.3 is 0 Å². The fraction of sp³-hybridized carbons (Fsp3) is 0.111. The molecule has 0 spiro atoms. The Morgan fingerprint density at radius 3 is 2.38 bits per heavy atom. The van der Waals surface area contributed by atoms with Gasteiger partial charge in [0.2, 0.25) is 0 Å². The first-order valence-corrected chi connectivity index (χ1v) is 4.30. The molecule has 66 valence electrons. The molecule has 0 bridgehead atoms. The normalized spacial score (nSPS) is 10.3. The number of rotatable bonds is 1. The Morgan fingerprint density at radius 2 is 1.85 bits per heavy atom. The van der Waals surface area contributed by atoms with Crippen molar-refractivity contribution in [1.82, 2.24) is 15.0 Å². The van der Waals surface area contributed by atoms with Gasteiger partial charge in [-0.25, -0.2) is 0 Å². The summed E-state index contributed by atoms with van der Waals surface area (Å²) < 4.78 is 0. The van der Waals surface area contributed by atoms with E-state index in [-0.39, 0.29) is 0 Å². The molecule has 0 unspecified atom stereocenters. The van der Waals surface area contributed by atoms with Gasteiger partial charge in [0.25, 0.3) is 0 Å². The highest BCUT2D eigenvalue weighted by Crippen LogP contribution is 2.11. The molecule has 0 aliphatic carbocycles. The Labute approximate surface area is 81.0 Å². The molecule has 2 rings (SSSR count). The van der Waals surface area contributed by atoms with Gasteiger partial charge in [-0.15, -0.1) is 9.90 Å². The fourth-order valence-electron chi connectivity index (χ4n) is 1.04. The quantitative estimate of drug-likeness (QED) is 0.696. The van der Waals surface area contributed by atoms with Gasteiger partial charge in [0, 0.05) is 0 Å². The minimum absolute atomic E-state index is 0.448. The van der Waals surface area contributed by atoms with E-state index in [4.69, 9.17) is 11.6 Å². The van der Waals surface area contributed by atoms with Crippen molar-refractivity contribution in [2.24, 2.45) is 0 Å². The third-order valence-corrected chi connectivity index (χ3v) is 2.06. The van der Waals surface area contributed by atoms with Crippen molar-refractivity contribution in [3.05, 3.63) is 41.2 Å². The zero-order chi connectivity index (χ0) is 9.26. The first-order valence-electron chi connectivity index (χ1n) is 3.92. The number of benzene rings is 1. The molecule has 0 aliphatic rings. The average Bonchev–Trinajstić information content (AvgIpc) is 2.49. The van der Waals surface area contributed by atoms with E-state index in [2.05, 4.69) is 10.2 Å². The topological polar surface area (TPSA) is 30.7 Å². The molecule has 1 aromatic heterocycles. The Kier molecular flexibility index (Phi) is 2.02. The van der Waals surface area contributed by atoms with Crippen LogP contribution in [0.4, 0.5) is 0 Å². The number of halogens is 1. The lowest BCUT2D eigenvalue weighted by Crippen LogP contribution is -1.97. The lowest BCUT2D eigenvalue weighted by Gasteiger charge is -1.96. The number of para-hydroxylation sites is 1. The second-order valence-electron chi connectivity index (χ2n) is 2.70. The molecule has 0 atom stereocenters. The van der Waals surface area contributed by atoms with E-state index < -0.39 is 0 Å². The van der Waals surface area contributed by atoms with Gasteiger partial charge in [-0.3, -0.25) is 0 Å². The van der Waals surface area contributed by atoms with Gasteiger partial charge in [0.1, 0.15) is 0 Å². The molecule has 1 aromatic carbocycles. The standard InChI is InChI=1S/C9H8ClN3/c1-7-9(10)12-13(11-7)8-5-3-2-4-6-8/h2-6H,1H3. The van der Waals surface area contributed by atoms with Crippen LogP contribution in [0.1, 0.15) is 5.69 Å². The lowest BCUT2D eigenvalue weighted by molar-refractivity contribution is 0.746. The van der Waals surface area contributed by atoms with Crippen LogP contribution >= 0.6 is 11.6 Å². The van der Waals surface area contributed by atoms with Crippen molar-refractivity contribution in [3.8, 4) is 5.69 Å². The molecule has 0 aliphatic heterocycles. The van der Waals surface area contributed by atoms with E-state index in [0.29, 0.717) is 5.15 Å². The van der Waals surface area contributed by atoms with Crippen molar-refractivity contribution in [2.75, 3.05) is 0 Å². The molecule has 0 amide bonds. The lowest BCUT2D eigenvalue weighted by atomic mass is 10.3. The second kappa shape index (κ2) is 3.18. The van der Waals surface area contributed by atoms with Crippen molar-refractivity contribution < 1.29 is 0 Å². The van der Waals surface area contributed by atoms with Crippen LogP contribution in [0, 0.1) is 6.92 Å². The van der Waals surface area contributed by atoms with Crippen LogP contribution in [0.15, 0.2) is 30.3 Å². The Morgan fingerprint density at radius 1 is 1.15 bits per heavy atom. The van der Waals surface area contributed by atoms with Crippen LogP contribution in [0.3, 0.4) is 0 Å². The molecule has 0 radical (unpaired) electrons. The van der Waals surface area contributed by atoms with Crippen molar-refractivity contribution >= 4 is 11.6 Å². The van der Waals surface area contributed by atoms with Crippen molar-refractivity contribution in [3.63, 3.8) is 0 Å². The summed E-state index contributed by atoms with van der Waals surface area (Å²) in [5.74, 6) is 0. The molecule has 4 heteroatoms. The number of aryl methyl sites for hydroxylation is 1. The van der Waals surface area contributed by atoms with Crippen molar-refractivity contribution in [2.45, 2.75) is 6.92 Å². The molecule has 0 saturated carbocycles. The zero-order valence-electron chi connectivity index (χ0n) is 7.11. The Balaban J connectivity index is 2.48. The number of aromatic nitrogens is 3. The van der Waals surface area contributed by atoms with Crippen LogP contribution in [0.2, 0.25) is 5.15 Å². The smallest absolute Gasteiger partial charge is 0.152 e. The largest absolute Gasteiger partial charge is 0.174 e. The molecule has 1 heterocycles. The first-order chi connectivity index (χ1) is 6.27. The Hall–Kier alpha value is -1.35. The summed E-state index contributed by atoms with van der Waals surface area (Å²) in [4.78, 5) is 1.53. The second-order valence-corrected chi connectivity index (χ2v) is 3.06. The van der Waals surface area contributed by atoms with Gasteiger partial charge in [-0.05, 0) is 19.1 Å². The summed E-state index contributed by atoms with van der Waals surface area (Å²) in [5.41, 5.74) is 1.66. The number of hydrogen-bond donors (Lipinski definition) is 0.